The topological polar surface area (TPSA) is 42.7 Å². The number of benzene rings is 1. The molecule has 2 aromatic rings. The first-order valence-electron chi connectivity index (χ1n) is 5.57. The highest BCUT2D eigenvalue weighted by Crippen LogP contribution is 2.23. The number of aromatic nitrogens is 3. The molecule has 96 valence electrons. The number of aryl methyl sites for hydroxylation is 1. The van der Waals surface area contributed by atoms with Crippen molar-refractivity contribution >= 4 is 11.6 Å². The molecule has 1 N–H and O–H groups in total. The van der Waals surface area contributed by atoms with Gasteiger partial charge >= 0.3 is 0 Å². The Balaban J connectivity index is 2.22. The van der Waals surface area contributed by atoms with Crippen molar-refractivity contribution in [3.63, 3.8) is 0 Å². The quantitative estimate of drug-likeness (QED) is 0.924. The van der Waals surface area contributed by atoms with Gasteiger partial charge < -0.3 is 5.32 Å². The Morgan fingerprint density at radius 1 is 1.50 bits per heavy atom. The van der Waals surface area contributed by atoms with Gasteiger partial charge in [-0.25, -0.2) is 4.39 Å². The van der Waals surface area contributed by atoms with Gasteiger partial charge in [-0.1, -0.05) is 22.9 Å². The molecule has 1 heterocycles. The van der Waals surface area contributed by atoms with Crippen LogP contribution in [0.1, 0.15) is 17.3 Å². The molecule has 2 rings (SSSR count). The van der Waals surface area contributed by atoms with E-state index in [2.05, 4.69) is 15.6 Å². The monoisotopic (exact) mass is 268 g/mol. The fourth-order valence-electron chi connectivity index (χ4n) is 1.85. The zero-order valence-electron chi connectivity index (χ0n) is 10.2. The van der Waals surface area contributed by atoms with E-state index in [-0.39, 0.29) is 11.9 Å². The molecule has 0 aliphatic heterocycles. The van der Waals surface area contributed by atoms with E-state index in [9.17, 15) is 4.39 Å². The van der Waals surface area contributed by atoms with Crippen molar-refractivity contribution in [2.24, 2.45) is 7.05 Å². The maximum absolute atomic E-state index is 13.8. The average Bonchev–Trinajstić information content (AvgIpc) is 2.72. The summed E-state index contributed by atoms with van der Waals surface area (Å²) in [6, 6.07) is 4.53. The minimum Gasteiger partial charge on any atom is -0.313 e. The summed E-state index contributed by atoms with van der Waals surface area (Å²) in [4.78, 5) is 0. The highest BCUT2D eigenvalue weighted by molar-refractivity contribution is 6.30. The zero-order valence-corrected chi connectivity index (χ0v) is 10.9. The predicted octanol–water partition coefficient (Wildman–Crippen LogP) is 2.11. The Hall–Kier alpha value is -1.46. The van der Waals surface area contributed by atoms with Gasteiger partial charge in [0.1, 0.15) is 5.82 Å². The molecule has 18 heavy (non-hydrogen) atoms. The highest BCUT2D eigenvalue weighted by atomic mass is 35.5. The van der Waals surface area contributed by atoms with E-state index in [0.29, 0.717) is 17.0 Å². The number of hydrogen-bond donors (Lipinski definition) is 1. The van der Waals surface area contributed by atoms with E-state index in [1.165, 1.54) is 6.07 Å². The van der Waals surface area contributed by atoms with Gasteiger partial charge in [-0.3, -0.25) is 4.68 Å². The van der Waals surface area contributed by atoms with Gasteiger partial charge in [0, 0.05) is 36.3 Å². The van der Waals surface area contributed by atoms with Gasteiger partial charge in [-0.2, -0.15) is 0 Å². The third-order valence-corrected chi connectivity index (χ3v) is 2.98. The second-order valence-corrected chi connectivity index (χ2v) is 4.53. The number of hydrogen-bond acceptors (Lipinski definition) is 3. The van der Waals surface area contributed by atoms with Crippen LogP contribution in [-0.4, -0.2) is 22.0 Å². The predicted molar refractivity (Wildman–Crippen MR) is 67.9 cm³/mol. The molecule has 0 aliphatic rings. The first-order chi connectivity index (χ1) is 8.60. The third-order valence-electron chi connectivity index (χ3n) is 2.75. The van der Waals surface area contributed by atoms with Crippen LogP contribution < -0.4 is 5.32 Å². The lowest BCUT2D eigenvalue weighted by Crippen LogP contribution is -2.20. The summed E-state index contributed by atoms with van der Waals surface area (Å²) in [5.74, 6) is -0.314. The molecule has 1 unspecified atom stereocenters. The molecule has 1 aromatic heterocycles. The smallest absolute Gasteiger partial charge is 0.129 e. The third kappa shape index (κ3) is 2.86. The molecule has 1 aromatic carbocycles. The van der Waals surface area contributed by atoms with Crippen molar-refractivity contribution in [3.05, 3.63) is 46.5 Å². The molecule has 6 heteroatoms. The van der Waals surface area contributed by atoms with E-state index in [1.54, 1.807) is 30.9 Å². The Morgan fingerprint density at radius 3 is 2.83 bits per heavy atom. The van der Waals surface area contributed by atoms with E-state index in [1.807, 2.05) is 6.20 Å². The summed E-state index contributed by atoms with van der Waals surface area (Å²) < 4.78 is 15.5. The Labute approximate surface area is 110 Å². The number of halogens is 2. The second-order valence-electron chi connectivity index (χ2n) is 4.09. The molecule has 0 spiro atoms. The van der Waals surface area contributed by atoms with E-state index in [4.69, 9.17) is 11.6 Å². The molecule has 0 saturated heterocycles. The average molecular weight is 269 g/mol. The van der Waals surface area contributed by atoms with Crippen LogP contribution >= 0.6 is 11.6 Å². The summed E-state index contributed by atoms with van der Waals surface area (Å²) in [5, 5.41) is 11.3. The van der Waals surface area contributed by atoms with Crippen molar-refractivity contribution in [1.82, 2.24) is 20.3 Å². The molecule has 0 bridgehead atoms. The van der Waals surface area contributed by atoms with Crippen molar-refractivity contribution in [2.45, 2.75) is 12.5 Å². The number of nitrogens with zero attached hydrogens (tertiary/aromatic N) is 3. The lowest BCUT2D eigenvalue weighted by molar-refractivity contribution is 0.530. The van der Waals surface area contributed by atoms with Gasteiger partial charge in [-0.15, -0.1) is 5.10 Å². The van der Waals surface area contributed by atoms with Crippen molar-refractivity contribution in [1.29, 1.82) is 0 Å². The SMILES string of the molecule is CNC(Cc1cn(C)nn1)c1ccc(Cl)cc1F. The molecule has 4 nitrogen and oxygen atoms in total. The molecule has 0 aliphatic carbocycles. The fourth-order valence-corrected chi connectivity index (χ4v) is 2.01. The van der Waals surface area contributed by atoms with Gasteiger partial charge in [0.05, 0.1) is 5.69 Å². The normalized spacial score (nSPS) is 12.7. The Bertz CT molecular complexity index is 541. The van der Waals surface area contributed by atoms with Crippen molar-refractivity contribution in [3.8, 4) is 0 Å². The summed E-state index contributed by atoms with van der Waals surface area (Å²) >= 11 is 5.74. The zero-order chi connectivity index (χ0) is 13.1. The lowest BCUT2D eigenvalue weighted by atomic mass is 10.0. The minimum absolute atomic E-state index is 0.154. The van der Waals surface area contributed by atoms with Crippen LogP contribution in [0.3, 0.4) is 0 Å². The van der Waals surface area contributed by atoms with E-state index >= 15 is 0 Å². The van der Waals surface area contributed by atoms with E-state index in [0.717, 1.165) is 5.69 Å². The van der Waals surface area contributed by atoms with Crippen LogP contribution in [0.15, 0.2) is 24.4 Å². The van der Waals surface area contributed by atoms with Gasteiger partial charge in [-0.05, 0) is 19.2 Å². The first kappa shape index (κ1) is 13.0. The summed E-state index contributed by atoms with van der Waals surface area (Å²) in [5.41, 5.74) is 1.39. The molecule has 1 atom stereocenters. The van der Waals surface area contributed by atoms with Crippen LogP contribution in [0, 0.1) is 5.82 Å². The first-order valence-corrected chi connectivity index (χ1v) is 5.95. The van der Waals surface area contributed by atoms with Crippen LogP contribution in [0.25, 0.3) is 0 Å². The molecular formula is C12H14ClFN4. The molecule has 0 amide bonds. The van der Waals surface area contributed by atoms with E-state index < -0.39 is 0 Å². The second kappa shape index (κ2) is 5.46. The van der Waals surface area contributed by atoms with Gasteiger partial charge in [0.15, 0.2) is 0 Å². The Morgan fingerprint density at radius 2 is 2.28 bits per heavy atom. The van der Waals surface area contributed by atoms with Gasteiger partial charge in [0.2, 0.25) is 0 Å². The van der Waals surface area contributed by atoms with Crippen LogP contribution in [-0.2, 0) is 13.5 Å². The number of nitrogens with one attached hydrogen (secondary N) is 1. The van der Waals surface area contributed by atoms with Crippen LogP contribution in [0.4, 0.5) is 4.39 Å². The number of likely N-dealkylation sites (N-methyl/N-ethyl adjacent to an activating group) is 1. The molecular weight excluding hydrogens is 255 g/mol. The highest BCUT2D eigenvalue weighted by Gasteiger charge is 2.16. The summed E-state index contributed by atoms with van der Waals surface area (Å²) in [6.45, 7) is 0. The summed E-state index contributed by atoms with van der Waals surface area (Å²) in [7, 11) is 3.59. The summed E-state index contributed by atoms with van der Waals surface area (Å²) in [6.07, 6.45) is 2.39. The van der Waals surface area contributed by atoms with Crippen molar-refractivity contribution in [2.75, 3.05) is 7.05 Å². The standard InChI is InChI=1S/C12H14ClFN4/c1-15-12(6-9-7-18(2)17-16-9)10-4-3-8(13)5-11(10)14/h3-5,7,12,15H,6H2,1-2H3. The molecule has 0 radical (unpaired) electrons. The van der Waals surface area contributed by atoms with Crippen LogP contribution in [0.2, 0.25) is 5.02 Å². The van der Waals surface area contributed by atoms with Crippen molar-refractivity contribution < 1.29 is 4.39 Å². The Kier molecular flexibility index (Phi) is 3.93. The van der Waals surface area contributed by atoms with Crippen LogP contribution in [0.5, 0.6) is 0 Å². The minimum atomic E-state index is -0.314. The lowest BCUT2D eigenvalue weighted by Gasteiger charge is -2.16. The maximum atomic E-state index is 13.8. The number of rotatable bonds is 4. The van der Waals surface area contributed by atoms with Gasteiger partial charge in [0.25, 0.3) is 0 Å². The largest absolute Gasteiger partial charge is 0.313 e. The fraction of sp³-hybridized carbons (Fsp3) is 0.333. The molecule has 0 saturated carbocycles. The maximum Gasteiger partial charge on any atom is 0.129 e. The molecule has 0 fully saturated rings.